The predicted octanol–water partition coefficient (Wildman–Crippen LogP) is 3.13. The molecule has 3 heteroatoms. The number of aliphatic hydroxyl groups is 1. The molecule has 0 aromatic heterocycles. The van der Waals surface area contributed by atoms with Crippen molar-refractivity contribution in [1.82, 2.24) is 0 Å². The number of hydrogen-bond acceptors (Lipinski definition) is 2. The van der Waals surface area contributed by atoms with Crippen LogP contribution in [0.3, 0.4) is 0 Å². The van der Waals surface area contributed by atoms with Gasteiger partial charge in [-0.1, -0.05) is 48.9 Å². The van der Waals surface area contributed by atoms with Crippen LogP contribution in [0.15, 0.2) is 36.4 Å². The highest BCUT2D eigenvalue weighted by atomic mass is 16.3. The van der Waals surface area contributed by atoms with Crippen molar-refractivity contribution in [2.75, 3.05) is 5.32 Å². The first-order chi connectivity index (χ1) is 10.1. The number of hydrogen-bond donors (Lipinski definition) is 2. The molecule has 1 atom stereocenters. The highest BCUT2D eigenvalue weighted by Gasteiger charge is 2.25. The fourth-order valence-corrected chi connectivity index (χ4v) is 2.79. The molecule has 1 amide bonds. The number of amides is 1. The van der Waals surface area contributed by atoms with Crippen LogP contribution in [0.4, 0.5) is 5.69 Å². The molecule has 0 bridgehead atoms. The van der Waals surface area contributed by atoms with Gasteiger partial charge < -0.3 is 10.4 Å². The van der Waals surface area contributed by atoms with Gasteiger partial charge in [0.05, 0.1) is 12.1 Å². The Kier molecular flexibility index (Phi) is 3.52. The van der Waals surface area contributed by atoms with Crippen molar-refractivity contribution in [3.05, 3.63) is 64.2 Å². The maximum Gasteiger partial charge on any atom is 0.228 e. The Bertz CT molecular complexity index is 689. The number of fused-ring (bicyclic) bond motifs is 1. The number of carbonyl (C=O) groups excluding carboxylic acids is 1. The lowest BCUT2D eigenvalue weighted by Crippen LogP contribution is -2.08. The van der Waals surface area contributed by atoms with Gasteiger partial charge in [-0.05, 0) is 30.0 Å². The Hall–Kier alpha value is -2.13. The molecule has 1 aliphatic heterocycles. The third kappa shape index (κ3) is 2.57. The highest BCUT2D eigenvalue weighted by molar-refractivity contribution is 6.00. The van der Waals surface area contributed by atoms with E-state index in [0.717, 1.165) is 39.9 Å². The molecule has 0 saturated heterocycles. The molecule has 0 fully saturated rings. The third-order valence-corrected chi connectivity index (χ3v) is 4.02. The zero-order valence-electron chi connectivity index (χ0n) is 12.3. The Morgan fingerprint density at radius 2 is 1.95 bits per heavy atom. The molecule has 0 spiro atoms. The Labute approximate surface area is 124 Å². The topological polar surface area (TPSA) is 49.3 Å². The van der Waals surface area contributed by atoms with E-state index in [1.54, 1.807) is 0 Å². The zero-order valence-corrected chi connectivity index (χ0v) is 12.3. The summed E-state index contributed by atoms with van der Waals surface area (Å²) < 4.78 is 0. The van der Waals surface area contributed by atoms with Gasteiger partial charge in [0.1, 0.15) is 6.10 Å². The van der Waals surface area contributed by atoms with Crippen molar-refractivity contribution in [2.45, 2.75) is 32.8 Å². The standard InChI is InChI=1S/C18H19NO2/c1-3-12-8-14-10-16(20)19-17(14)15(9-12)18(21)13-6-4-11(2)5-7-13/h4-9,18,21H,3,10H2,1-2H3,(H,19,20). The van der Waals surface area contributed by atoms with Crippen LogP contribution in [0, 0.1) is 6.92 Å². The second-order valence-electron chi connectivity index (χ2n) is 5.61. The maximum atomic E-state index is 11.7. The van der Waals surface area contributed by atoms with E-state index in [4.69, 9.17) is 0 Å². The Morgan fingerprint density at radius 3 is 2.62 bits per heavy atom. The molecule has 0 saturated carbocycles. The molecule has 1 unspecified atom stereocenters. The van der Waals surface area contributed by atoms with Crippen molar-refractivity contribution in [3.8, 4) is 0 Å². The lowest BCUT2D eigenvalue weighted by molar-refractivity contribution is -0.115. The Morgan fingerprint density at radius 1 is 1.24 bits per heavy atom. The van der Waals surface area contributed by atoms with Crippen LogP contribution in [-0.2, 0) is 17.6 Å². The molecule has 1 heterocycles. The maximum absolute atomic E-state index is 11.7. The third-order valence-electron chi connectivity index (χ3n) is 4.02. The summed E-state index contributed by atoms with van der Waals surface area (Å²) in [6.45, 7) is 4.10. The van der Waals surface area contributed by atoms with Gasteiger partial charge in [-0.25, -0.2) is 0 Å². The molecule has 0 radical (unpaired) electrons. The summed E-state index contributed by atoms with van der Waals surface area (Å²) in [7, 11) is 0. The van der Waals surface area contributed by atoms with Crippen LogP contribution in [-0.4, -0.2) is 11.0 Å². The van der Waals surface area contributed by atoms with Gasteiger partial charge in [-0.15, -0.1) is 0 Å². The van der Waals surface area contributed by atoms with E-state index in [0.29, 0.717) is 6.42 Å². The molecule has 3 rings (SSSR count). The summed E-state index contributed by atoms with van der Waals surface area (Å²) in [4.78, 5) is 11.7. The van der Waals surface area contributed by atoms with E-state index in [1.165, 1.54) is 0 Å². The van der Waals surface area contributed by atoms with Crippen molar-refractivity contribution in [2.24, 2.45) is 0 Å². The van der Waals surface area contributed by atoms with E-state index in [2.05, 4.69) is 18.3 Å². The van der Waals surface area contributed by atoms with E-state index < -0.39 is 6.10 Å². The molecular weight excluding hydrogens is 262 g/mol. The van der Waals surface area contributed by atoms with Crippen LogP contribution in [0.5, 0.6) is 0 Å². The number of benzene rings is 2. The predicted molar refractivity (Wildman–Crippen MR) is 83.4 cm³/mol. The molecule has 2 N–H and O–H groups in total. The van der Waals surface area contributed by atoms with Crippen molar-refractivity contribution >= 4 is 11.6 Å². The van der Waals surface area contributed by atoms with E-state index >= 15 is 0 Å². The monoisotopic (exact) mass is 281 g/mol. The van der Waals surface area contributed by atoms with Crippen LogP contribution >= 0.6 is 0 Å². The summed E-state index contributed by atoms with van der Waals surface area (Å²) in [5.41, 5.74) is 5.71. The Balaban J connectivity index is 2.07. The molecule has 0 aliphatic carbocycles. The summed E-state index contributed by atoms with van der Waals surface area (Å²) in [6.07, 6.45) is 0.565. The summed E-state index contributed by atoms with van der Waals surface area (Å²) in [5, 5.41) is 13.6. The lowest BCUT2D eigenvalue weighted by Gasteiger charge is -2.17. The number of anilines is 1. The van der Waals surface area contributed by atoms with Crippen molar-refractivity contribution in [3.63, 3.8) is 0 Å². The molecule has 2 aromatic rings. The lowest BCUT2D eigenvalue weighted by atomic mass is 9.94. The minimum atomic E-state index is -0.718. The van der Waals surface area contributed by atoms with E-state index in [-0.39, 0.29) is 5.91 Å². The smallest absolute Gasteiger partial charge is 0.228 e. The van der Waals surface area contributed by atoms with Gasteiger partial charge in [0.15, 0.2) is 0 Å². The van der Waals surface area contributed by atoms with E-state index in [9.17, 15) is 9.90 Å². The zero-order chi connectivity index (χ0) is 15.0. The summed E-state index contributed by atoms with van der Waals surface area (Å²) in [6, 6.07) is 11.9. The molecule has 1 aliphatic rings. The summed E-state index contributed by atoms with van der Waals surface area (Å²) >= 11 is 0. The number of nitrogens with one attached hydrogen (secondary N) is 1. The highest BCUT2D eigenvalue weighted by Crippen LogP contribution is 2.35. The van der Waals surface area contributed by atoms with Crippen LogP contribution in [0.25, 0.3) is 0 Å². The van der Waals surface area contributed by atoms with Crippen molar-refractivity contribution in [1.29, 1.82) is 0 Å². The van der Waals surface area contributed by atoms with E-state index in [1.807, 2.05) is 37.3 Å². The average molecular weight is 281 g/mol. The summed E-state index contributed by atoms with van der Waals surface area (Å²) in [5.74, 6) is -0.00407. The molecule has 3 nitrogen and oxygen atoms in total. The van der Waals surface area contributed by atoms with Gasteiger partial charge >= 0.3 is 0 Å². The number of carbonyl (C=O) groups is 1. The average Bonchev–Trinajstić information content (AvgIpc) is 2.86. The van der Waals surface area contributed by atoms with Crippen LogP contribution < -0.4 is 5.32 Å². The van der Waals surface area contributed by atoms with Crippen LogP contribution in [0.2, 0.25) is 0 Å². The normalized spacial score (nSPS) is 14.7. The SMILES string of the molecule is CCc1cc2c(c(C(O)c3ccc(C)cc3)c1)NC(=O)C2. The van der Waals surface area contributed by atoms with Gasteiger partial charge in [-0.3, -0.25) is 4.79 Å². The number of rotatable bonds is 3. The van der Waals surface area contributed by atoms with Crippen molar-refractivity contribution < 1.29 is 9.90 Å². The fraction of sp³-hybridized carbons (Fsp3) is 0.278. The number of aryl methyl sites for hydroxylation is 2. The molecular formula is C18H19NO2. The fourth-order valence-electron chi connectivity index (χ4n) is 2.79. The first-order valence-corrected chi connectivity index (χ1v) is 7.28. The first-order valence-electron chi connectivity index (χ1n) is 7.28. The minimum Gasteiger partial charge on any atom is -0.384 e. The van der Waals surface area contributed by atoms with Gasteiger partial charge in [-0.2, -0.15) is 0 Å². The van der Waals surface area contributed by atoms with Gasteiger partial charge in [0.2, 0.25) is 5.91 Å². The largest absolute Gasteiger partial charge is 0.384 e. The second-order valence-corrected chi connectivity index (χ2v) is 5.61. The number of aliphatic hydroxyl groups excluding tert-OH is 1. The van der Waals surface area contributed by atoms with Gasteiger partial charge in [0.25, 0.3) is 0 Å². The minimum absolute atomic E-state index is 0.00407. The van der Waals surface area contributed by atoms with Gasteiger partial charge in [0, 0.05) is 5.56 Å². The quantitative estimate of drug-likeness (QED) is 0.908. The second kappa shape index (κ2) is 5.34. The first kappa shape index (κ1) is 13.8. The molecule has 2 aromatic carbocycles. The molecule has 108 valence electrons. The molecule has 21 heavy (non-hydrogen) atoms. The van der Waals surface area contributed by atoms with Crippen LogP contribution in [0.1, 0.15) is 40.8 Å².